The first-order valence-electron chi connectivity index (χ1n) is 9.24. The molecule has 0 saturated heterocycles. The third-order valence-electron chi connectivity index (χ3n) is 5.11. The Hall–Kier alpha value is -4.09. The standard InChI is InChI=1S/C21H9F6N5O/c22-20(23,24)16-12(32-13-2-1-5-29-19(13)21(25,26)27)4-3-11-15(16)14-9-6-28-8-31-17(9)18(33)10(14)7-30-11/h1-8,32H. The van der Waals surface area contributed by atoms with Crippen LogP contribution in [-0.4, -0.2) is 25.7 Å². The number of carbonyl (C=O) groups is 1. The molecule has 5 rings (SSSR count). The van der Waals surface area contributed by atoms with Crippen LogP contribution >= 0.6 is 0 Å². The number of halogens is 6. The van der Waals surface area contributed by atoms with Gasteiger partial charge < -0.3 is 5.32 Å². The molecule has 1 aliphatic rings. The monoisotopic (exact) mass is 461 g/mol. The zero-order valence-electron chi connectivity index (χ0n) is 16.1. The van der Waals surface area contributed by atoms with Crippen LogP contribution in [0, 0.1) is 0 Å². The maximum absolute atomic E-state index is 14.3. The van der Waals surface area contributed by atoms with E-state index in [2.05, 4.69) is 25.3 Å². The molecule has 0 spiro atoms. The Balaban J connectivity index is 1.82. The lowest BCUT2D eigenvalue weighted by molar-refractivity contribution is -0.140. The fourth-order valence-corrected chi connectivity index (χ4v) is 3.83. The molecule has 1 aliphatic carbocycles. The zero-order chi connectivity index (χ0) is 23.5. The molecule has 6 nitrogen and oxygen atoms in total. The number of alkyl halides is 6. The number of rotatable bonds is 2. The molecule has 4 aromatic rings. The summed E-state index contributed by atoms with van der Waals surface area (Å²) in [7, 11) is 0. The van der Waals surface area contributed by atoms with Gasteiger partial charge in [0.1, 0.15) is 12.0 Å². The third kappa shape index (κ3) is 3.25. The second-order valence-electron chi connectivity index (χ2n) is 7.06. The van der Waals surface area contributed by atoms with Crippen molar-refractivity contribution < 1.29 is 31.1 Å². The lowest BCUT2D eigenvalue weighted by atomic mass is 9.96. The van der Waals surface area contributed by atoms with Crippen molar-refractivity contribution in [3.63, 3.8) is 0 Å². The van der Waals surface area contributed by atoms with Crippen molar-refractivity contribution in [1.82, 2.24) is 19.9 Å². The first-order chi connectivity index (χ1) is 15.6. The molecule has 12 heteroatoms. The molecule has 3 aromatic heterocycles. The van der Waals surface area contributed by atoms with Gasteiger partial charge >= 0.3 is 12.4 Å². The summed E-state index contributed by atoms with van der Waals surface area (Å²) in [5, 5.41) is 1.79. The highest BCUT2D eigenvalue weighted by Gasteiger charge is 2.41. The molecule has 0 atom stereocenters. The molecule has 3 heterocycles. The summed E-state index contributed by atoms with van der Waals surface area (Å²) in [6, 6.07) is 4.35. The van der Waals surface area contributed by atoms with E-state index in [1.54, 1.807) is 0 Å². The quantitative estimate of drug-likeness (QED) is 0.354. The minimum atomic E-state index is -5.01. The summed E-state index contributed by atoms with van der Waals surface area (Å²) in [5.74, 6) is -0.616. The Morgan fingerprint density at radius 1 is 0.818 bits per heavy atom. The molecule has 0 saturated carbocycles. The SMILES string of the molecule is O=C1c2cnc3ccc(Nc4cccnc4C(F)(F)F)c(C(F)(F)F)c3c2-c2cncnc21. The number of hydrogen-bond acceptors (Lipinski definition) is 6. The summed E-state index contributed by atoms with van der Waals surface area (Å²) < 4.78 is 83.0. The van der Waals surface area contributed by atoms with Crippen molar-refractivity contribution >= 4 is 28.1 Å². The van der Waals surface area contributed by atoms with Crippen LogP contribution in [0.1, 0.15) is 27.3 Å². The number of nitrogens with zero attached hydrogens (tertiary/aromatic N) is 4. The molecule has 0 bridgehead atoms. The van der Waals surface area contributed by atoms with Crippen molar-refractivity contribution in [3.05, 3.63) is 71.7 Å². The molecule has 0 amide bonds. The molecule has 0 radical (unpaired) electrons. The first-order valence-corrected chi connectivity index (χ1v) is 9.24. The van der Waals surface area contributed by atoms with E-state index in [1.807, 2.05) is 0 Å². The fourth-order valence-electron chi connectivity index (χ4n) is 3.83. The number of carbonyl (C=O) groups excluding carboxylic acids is 1. The number of benzene rings is 1. The number of ketones is 1. The van der Waals surface area contributed by atoms with Gasteiger partial charge in [0.15, 0.2) is 5.69 Å². The summed E-state index contributed by atoms with van der Waals surface area (Å²) in [5.41, 5.74) is -4.21. The molecule has 0 unspecified atom stereocenters. The first kappa shape index (κ1) is 20.8. The van der Waals surface area contributed by atoms with Gasteiger partial charge in [-0.25, -0.2) is 15.0 Å². The van der Waals surface area contributed by atoms with Gasteiger partial charge in [0.2, 0.25) is 5.78 Å². The molecule has 1 aromatic carbocycles. The van der Waals surface area contributed by atoms with E-state index >= 15 is 0 Å². The molecule has 166 valence electrons. The van der Waals surface area contributed by atoms with Crippen molar-refractivity contribution in [2.45, 2.75) is 12.4 Å². The molecule has 33 heavy (non-hydrogen) atoms. The van der Waals surface area contributed by atoms with Crippen LogP contribution in [-0.2, 0) is 12.4 Å². The molecular weight excluding hydrogens is 452 g/mol. The van der Waals surface area contributed by atoms with E-state index in [0.29, 0.717) is 0 Å². The van der Waals surface area contributed by atoms with Gasteiger partial charge in [-0.1, -0.05) is 0 Å². The number of nitrogens with one attached hydrogen (secondary N) is 1. The predicted octanol–water partition coefficient (Wildman–Crippen LogP) is 5.41. The van der Waals surface area contributed by atoms with Gasteiger partial charge in [0.25, 0.3) is 0 Å². The predicted molar refractivity (Wildman–Crippen MR) is 104 cm³/mol. The number of hydrogen-bond donors (Lipinski definition) is 1. The van der Waals surface area contributed by atoms with E-state index in [-0.39, 0.29) is 27.9 Å². The summed E-state index contributed by atoms with van der Waals surface area (Å²) in [4.78, 5) is 27.6. The number of anilines is 2. The van der Waals surface area contributed by atoms with Crippen molar-refractivity contribution in [1.29, 1.82) is 0 Å². The Morgan fingerprint density at radius 2 is 1.61 bits per heavy atom. The third-order valence-corrected chi connectivity index (χ3v) is 5.11. The van der Waals surface area contributed by atoms with E-state index in [0.717, 1.165) is 36.9 Å². The summed E-state index contributed by atoms with van der Waals surface area (Å²) in [6.45, 7) is 0. The van der Waals surface area contributed by atoms with Crippen molar-refractivity contribution in [2.75, 3.05) is 5.32 Å². The van der Waals surface area contributed by atoms with Crippen LogP contribution in [0.3, 0.4) is 0 Å². The van der Waals surface area contributed by atoms with Crippen LogP contribution in [0.2, 0.25) is 0 Å². The topological polar surface area (TPSA) is 80.7 Å². The highest BCUT2D eigenvalue weighted by molar-refractivity contribution is 6.25. The number of fused-ring (bicyclic) bond motifs is 5. The van der Waals surface area contributed by atoms with Gasteiger partial charge in [-0.05, 0) is 24.3 Å². The van der Waals surface area contributed by atoms with Gasteiger partial charge in [0.05, 0.1) is 28.0 Å². The summed E-state index contributed by atoms with van der Waals surface area (Å²) in [6.07, 6.45) is -5.56. The second-order valence-corrected chi connectivity index (χ2v) is 7.06. The lowest BCUT2D eigenvalue weighted by Crippen LogP contribution is -2.14. The summed E-state index contributed by atoms with van der Waals surface area (Å²) >= 11 is 0. The highest BCUT2D eigenvalue weighted by Crippen LogP contribution is 2.48. The van der Waals surface area contributed by atoms with E-state index in [1.165, 1.54) is 12.3 Å². The Bertz CT molecular complexity index is 1450. The van der Waals surface area contributed by atoms with Crippen molar-refractivity contribution in [2.24, 2.45) is 0 Å². The van der Waals surface area contributed by atoms with Crippen LogP contribution in [0.4, 0.5) is 37.7 Å². The largest absolute Gasteiger partial charge is 0.435 e. The second kappa shape index (κ2) is 6.95. The normalized spacial score (nSPS) is 13.2. The van der Waals surface area contributed by atoms with Gasteiger partial charge in [-0.2, -0.15) is 26.3 Å². The minimum Gasteiger partial charge on any atom is -0.353 e. The number of aromatic nitrogens is 4. The zero-order valence-corrected chi connectivity index (χ0v) is 16.1. The molecule has 1 N–H and O–H groups in total. The maximum atomic E-state index is 14.3. The number of pyridine rings is 2. The molecule has 0 aliphatic heterocycles. The highest BCUT2D eigenvalue weighted by atomic mass is 19.4. The Kier molecular flexibility index (Phi) is 4.38. The average molecular weight is 461 g/mol. The smallest absolute Gasteiger partial charge is 0.353 e. The van der Waals surface area contributed by atoms with Crippen LogP contribution in [0.15, 0.2) is 49.2 Å². The van der Waals surface area contributed by atoms with Gasteiger partial charge in [-0.3, -0.25) is 9.78 Å². The van der Waals surface area contributed by atoms with E-state index < -0.39 is 46.2 Å². The lowest BCUT2D eigenvalue weighted by Gasteiger charge is -2.20. The van der Waals surface area contributed by atoms with Gasteiger partial charge in [-0.15, -0.1) is 0 Å². The van der Waals surface area contributed by atoms with E-state index in [9.17, 15) is 31.1 Å². The van der Waals surface area contributed by atoms with Crippen LogP contribution in [0.25, 0.3) is 22.0 Å². The average Bonchev–Trinajstić information content (AvgIpc) is 3.05. The van der Waals surface area contributed by atoms with Crippen molar-refractivity contribution in [3.8, 4) is 11.1 Å². The molecular formula is C21H9F6N5O. The van der Waals surface area contributed by atoms with Gasteiger partial charge in [0, 0.05) is 35.1 Å². The Morgan fingerprint density at radius 3 is 2.33 bits per heavy atom. The van der Waals surface area contributed by atoms with E-state index in [4.69, 9.17) is 0 Å². The molecule has 0 fully saturated rings. The fraction of sp³-hybridized carbons (Fsp3) is 0.0952. The van der Waals surface area contributed by atoms with Crippen LogP contribution in [0.5, 0.6) is 0 Å². The van der Waals surface area contributed by atoms with Crippen LogP contribution < -0.4 is 5.32 Å². The Labute approximate surface area is 180 Å². The maximum Gasteiger partial charge on any atom is 0.435 e. The minimum absolute atomic E-state index is 0.0705.